The number of fused-ring (bicyclic) bond motifs is 1. The van der Waals surface area contributed by atoms with Gasteiger partial charge in [-0.1, -0.05) is 24.3 Å². The van der Waals surface area contributed by atoms with Crippen LogP contribution in [0.4, 0.5) is 17.1 Å². The van der Waals surface area contributed by atoms with Crippen molar-refractivity contribution in [1.82, 2.24) is 0 Å². The molecule has 0 aliphatic carbocycles. The lowest BCUT2D eigenvalue weighted by molar-refractivity contribution is -0.384. The molecular weight excluding hydrogens is 310 g/mol. The number of non-ortho nitro benzene ring substituents is 1. The number of nitro benzene ring substituents is 1. The Bertz CT molecular complexity index is 860. The number of nitrogens with zero attached hydrogens (tertiary/aromatic N) is 2. The minimum Gasteiger partial charge on any atom is -0.323 e. The Morgan fingerprint density at radius 3 is 2.79 bits per heavy atom. The number of anilines is 2. The Labute approximate surface area is 137 Å². The van der Waals surface area contributed by atoms with Crippen molar-refractivity contribution in [3.63, 3.8) is 0 Å². The summed E-state index contributed by atoms with van der Waals surface area (Å²) in [5.74, 6) is -0.644. The molecule has 2 aromatic carbocycles. The van der Waals surface area contributed by atoms with Crippen LogP contribution in [0.2, 0.25) is 0 Å². The highest BCUT2D eigenvalue weighted by Crippen LogP contribution is 2.29. The summed E-state index contributed by atoms with van der Waals surface area (Å²) in [6.45, 7) is -0.0743. The van der Waals surface area contributed by atoms with Crippen LogP contribution in [0, 0.1) is 10.1 Å². The predicted octanol–water partition coefficient (Wildman–Crippen LogP) is 2.59. The third-order valence-corrected chi connectivity index (χ3v) is 3.54. The van der Waals surface area contributed by atoms with Gasteiger partial charge in [0.15, 0.2) is 0 Å². The Morgan fingerprint density at radius 1 is 1.21 bits per heavy atom. The molecule has 0 radical (unpaired) electrons. The molecule has 0 aromatic heterocycles. The number of para-hydroxylation sites is 2. The van der Waals surface area contributed by atoms with Gasteiger partial charge in [-0.15, -0.1) is 0 Å². The topological polar surface area (TPSA) is 92.5 Å². The van der Waals surface area contributed by atoms with E-state index in [0.29, 0.717) is 16.9 Å². The molecule has 3 rings (SSSR count). The summed E-state index contributed by atoms with van der Waals surface area (Å²) in [6, 6.07) is 13.0. The average molecular weight is 323 g/mol. The van der Waals surface area contributed by atoms with E-state index in [0.717, 1.165) is 0 Å². The van der Waals surface area contributed by atoms with Gasteiger partial charge in [-0.2, -0.15) is 0 Å². The van der Waals surface area contributed by atoms with Crippen molar-refractivity contribution in [3.8, 4) is 0 Å². The summed E-state index contributed by atoms with van der Waals surface area (Å²) in [4.78, 5) is 35.8. The lowest BCUT2D eigenvalue weighted by Gasteiger charge is -2.28. The van der Waals surface area contributed by atoms with E-state index in [1.807, 2.05) is 0 Å². The summed E-state index contributed by atoms with van der Waals surface area (Å²) in [6.07, 6.45) is 2.79. The van der Waals surface area contributed by atoms with Gasteiger partial charge in [-0.3, -0.25) is 24.6 Å². The highest BCUT2D eigenvalue weighted by Gasteiger charge is 2.25. The van der Waals surface area contributed by atoms with Crippen LogP contribution in [0.1, 0.15) is 5.56 Å². The number of carbonyl (C=O) groups is 2. The second-order valence-electron chi connectivity index (χ2n) is 5.18. The molecule has 0 saturated heterocycles. The maximum Gasteiger partial charge on any atom is 0.270 e. The van der Waals surface area contributed by atoms with E-state index < -0.39 is 4.92 Å². The molecule has 0 spiro atoms. The maximum atomic E-state index is 12.4. The van der Waals surface area contributed by atoms with Crippen LogP contribution in [-0.2, 0) is 9.59 Å². The van der Waals surface area contributed by atoms with Crippen molar-refractivity contribution in [3.05, 3.63) is 70.3 Å². The van der Waals surface area contributed by atoms with Crippen LogP contribution in [0.15, 0.2) is 54.6 Å². The number of hydrogen-bond acceptors (Lipinski definition) is 4. The lowest BCUT2D eigenvalue weighted by Crippen LogP contribution is -2.41. The molecule has 1 aliphatic rings. The van der Waals surface area contributed by atoms with E-state index in [1.54, 1.807) is 36.4 Å². The number of nitro groups is 1. The maximum absolute atomic E-state index is 12.4. The molecule has 7 nitrogen and oxygen atoms in total. The van der Waals surface area contributed by atoms with E-state index in [2.05, 4.69) is 5.32 Å². The fourth-order valence-corrected chi connectivity index (χ4v) is 2.43. The highest BCUT2D eigenvalue weighted by atomic mass is 16.6. The van der Waals surface area contributed by atoms with Gasteiger partial charge in [-0.05, 0) is 23.8 Å². The average Bonchev–Trinajstić information content (AvgIpc) is 2.59. The summed E-state index contributed by atoms with van der Waals surface area (Å²) >= 11 is 0. The number of carbonyl (C=O) groups excluding carboxylic acids is 2. The van der Waals surface area contributed by atoms with Gasteiger partial charge in [0, 0.05) is 18.2 Å². The van der Waals surface area contributed by atoms with Crippen LogP contribution in [0.5, 0.6) is 0 Å². The lowest BCUT2D eigenvalue weighted by atomic mass is 10.1. The van der Waals surface area contributed by atoms with E-state index in [-0.39, 0.29) is 24.0 Å². The molecule has 2 aromatic rings. The number of hydrogen-bond donors (Lipinski definition) is 1. The van der Waals surface area contributed by atoms with Crippen LogP contribution >= 0.6 is 0 Å². The first-order chi connectivity index (χ1) is 11.5. The van der Waals surface area contributed by atoms with Gasteiger partial charge in [0.25, 0.3) is 11.6 Å². The third kappa shape index (κ3) is 3.14. The molecule has 0 unspecified atom stereocenters. The number of amides is 2. The summed E-state index contributed by atoms with van der Waals surface area (Å²) < 4.78 is 0. The molecule has 2 amide bonds. The minimum atomic E-state index is -0.496. The Kier molecular flexibility index (Phi) is 4.07. The monoisotopic (exact) mass is 323 g/mol. The largest absolute Gasteiger partial charge is 0.323 e. The summed E-state index contributed by atoms with van der Waals surface area (Å²) in [5.41, 5.74) is 1.68. The molecule has 0 fully saturated rings. The van der Waals surface area contributed by atoms with Crippen molar-refractivity contribution < 1.29 is 14.5 Å². The van der Waals surface area contributed by atoms with Crippen LogP contribution < -0.4 is 10.2 Å². The first-order valence-corrected chi connectivity index (χ1v) is 7.17. The Hall–Kier alpha value is -3.48. The van der Waals surface area contributed by atoms with E-state index >= 15 is 0 Å². The van der Waals surface area contributed by atoms with Crippen molar-refractivity contribution in [2.24, 2.45) is 0 Å². The van der Waals surface area contributed by atoms with Crippen molar-refractivity contribution in [2.45, 2.75) is 0 Å². The van der Waals surface area contributed by atoms with Crippen LogP contribution in [0.25, 0.3) is 6.08 Å². The molecule has 7 heteroatoms. The zero-order chi connectivity index (χ0) is 17.1. The first kappa shape index (κ1) is 15.4. The SMILES string of the molecule is O=C1CN(C(=O)C=Cc2cccc([N+](=O)[O-])c2)c2ccccc2N1. The summed E-state index contributed by atoms with van der Waals surface area (Å²) in [5, 5.41) is 13.5. The van der Waals surface area contributed by atoms with E-state index in [4.69, 9.17) is 0 Å². The molecule has 0 atom stereocenters. The molecule has 1 heterocycles. The molecule has 1 N–H and O–H groups in total. The fourth-order valence-electron chi connectivity index (χ4n) is 2.43. The normalized spacial score (nSPS) is 13.5. The standard InChI is InChI=1S/C17H13N3O4/c21-16-11-19(15-7-2-1-6-14(15)18-16)17(22)9-8-12-4-3-5-13(10-12)20(23)24/h1-10H,11H2,(H,18,21). The molecule has 0 bridgehead atoms. The second kappa shape index (κ2) is 6.33. The van der Waals surface area contributed by atoms with Gasteiger partial charge >= 0.3 is 0 Å². The van der Waals surface area contributed by atoms with Gasteiger partial charge in [0.05, 0.1) is 16.3 Å². The van der Waals surface area contributed by atoms with Gasteiger partial charge < -0.3 is 5.32 Å². The van der Waals surface area contributed by atoms with Gasteiger partial charge in [0.1, 0.15) is 6.54 Å². The first-order valence-electron chi connectivity index (χ1n) is 7.17. The zero-order valence-electron chi connectivity index (χ0n) is 12.5. The molecule has 1 aliphatic heterocycles. The highest BCUT2D eigenvalue weighted by molar-refractivity contribution is 6.13. The second-order valence-corrected chi connectivity index (χ2v) is 5.18. The fraction of sp³-hybridized carbons (Fsp3) is 0.0588. The third-order valence-electron chi connectivity index (χ3n) is 3.54. The number of benzene rings is 2. The van der Waals surface area contributed by atoms with Crippen molar-refractivity contribution >= 4 is 35.0 Å². The molecule has 24 heavy (non-hydrogen) atoms. The number of rotatable bonds is 3. The smallest absolute Gasteiger partial charge is 0.270 e. The minimum absolute atomic E-state index is 0.0488. The van der Waals surface area contributed by atoms with Crippen LogP contribution in [-0.4, -0.2) is 23.3 Å². The van der Waals surface area contributed by atoms with Crippen LogP contribution in [0.3, 0.4) is 0 Å². The van der Waals surface area contributed by atoms with E-state index in [1.165, 1.54) is 29.2 Å². The number of nitrogens with one attached hydrogen (secondary N) is 1. The molecular formula is C17H13N3O4. The van der Waals surface area contributed by atoms with Crippen molar-refractivity contribution in [1.29, 1.82) is 0 Å². The quantitative estimate of drug-likeness (QED) is 0.534. The van der Waals surface area contributed by atoms with E-state index in [9.17, 15) is 19.7 Å². The Morgan fingerprint density at radius 2 is 2.00 bits per heavy atom. The molecule has 120 valence electrons. The van der Waals surface area contributed by atoms with Gasteiger partial charge in [-0.25, -0.2) is 0 Å². The zero-order valence-corrected chi connectivity index (χ0v) is 12.5. The predicted molar refractivity (Wildman–Crippen MR) is 89.6 cm³/mol. The summed E-state index contributed by atoms with van der Waals surface area (Å²) in [7, 11) is 0. The van der Waals surface area contributed by atoms with Crippen molar-refractivity contribution in [2.75, 3.05) is 16.8 Å². The van der Waals surface area contributed by atoms with Gasteiger partial charge in [0.2, 0.25) is 5.91 Å². The molecule has 0 saturated carbocycles. The Balaban J connectivity index is 1.84.